The molecule has 0 unspecified atom stereocenters. The number of rotatable bonds is 6. The van der Waals surface area contributed by atoms with Gasteiger partial charge in [0, 0.05) is 21.5 Å². The van der Waals surface area contributed by atoms with Gasteiger partial charge in [-0.2, -0.15) is 0 Å². The van der Waals surface area contributed by atoms with Crippen LogP contribution < -0.4 is 5.32 Å². The number of halogens is 2. The van der Waals surface area contributed by atoms with Gasteiger partial charge in [-0.25, -0.2) is 9.37 Å². The van der Waals surface area contributed by atoms with Gasteiger partial charge >= 0.3 is 0 Å². The number of carbonyl (C=O) groups is 1. The molecule has 0 saturated heterocycles. The normalized spacial score (nSPS) is 10.8. The molecular weight excluding hydrogens is 435 g/mol. The number of benzene rings is 2. The van der Waals surface area contributed by atoms with Crippen molar-refractivity contribution in [3.63, 3.8) is 0 Å². The predicted molar refractivity (Wildman–Crippen MR) is 112 cm³/mol. The third kappa shape index (κ3) is 5.00. The number of anilines is 1. The maximum Gasteiger partial charge on any atom is 0.277 e. The van der Waals surface area contributed by atoms with Gasteiger partial charge in [0.1, 0.15) is 5.82 Å². The van der Waals surface area contributed by atoms with Crippen molar-refractivity contribution in [2.45, 2.75) is 5.22 Å². The summed E-state index contributed by atoms with van der Waals surface area (Å²) >= 11 is 8.37. The first kappa shape index (κ1) is 19.6. The number of hydrogen-bond donors (Lipinski definition) is 1. The Bertz CT molecular complexity index is 1150. The number of nitrogens with one attached hydrogen (secondary N) is 1. The Morgan fingerprint density at radius 3 is 2.79 bits per heavy atom. The fourth-order valence-electron chi connectivity index (χ4n) is 2.37. The van der Waals surface area contributed by atoms with Crippen LogP contribution in [0.15, 0.2) is 63.6 Å². The fourth-order valence-corrected chi connectivity index (χ4v) is 3.86. The molecule has 4 rings (SSSR count). The summed E-state index contributed by atoms with van der Waals surface area (Å²) < 4.78 is 18.6. The van der Waals surface area contributed by atoms with E-state index in [-0.39, 0.29) is 22.7 Å². The Morgan fingerprint density at radius 1 is 1.17 bits per heavy atom. The van der Waals surface area contributed by atoms with Crippen molar-refractivity contribution < 1.29 is 13.6 Å². The summed E-state index contributed by atoms with van der Waals surface area (Å²) in [5, 5.41) is 13.7. The highest BCUT2D eigenvalue weighted by Gasteiger charge is 2.13. The molecule has 0 aliphatic rings. The zero-order valence-corrected chi connectivity index (χ0v) is 17.0. The highest BCUT2D eigenvalue weighted by Crippen LogP contribution is 2.27. The van der Waals surface area contributed by atoms with E-state index in [9.17, 15) is 9.18 Å². The Hall–Kier alpha value is -2.75. The van der Waals surface area contributed by atoms with Crippen LogP contribution in [-0.2, 0) is 4.79 Å². The molecule has 0 atom stereocenters. The van der Waals surface area contributed by atoms with E-state index in [4.69, 9.17) is 16.0 Å². The maximum atomic E-state index is 13.0. The Kier molecular flexibility index (Phi) is 5.89. The van der Waals surface area contributed by atoms with E-state index in [1.165, 1.54) is 23.5 Å². The van der Waals surface area contributed by atoms with Crippen LogP contribution in [0.4, 0.5) is 9.52 Å². The van der Waals surface area contributed by atoms with E-state index in [0.29, 0.717) is 27.3 Å². The zero-order valence-electron chi connectivity index (χ0n) is 14.6. The molecule has 1 amide bonds. The van der Waals surface area contributed by atoms with Gasteiger partial charge in [0.15, 0.2) is 5.13 Å². The van der Waals surface area contributed by atoms with Crippen LogP contribution >= 0.6 is 34.7 Å². The predicted octanol–water partition coefficient (Wildman–Crippen LogP) is 5.38. The van der Waals surface area contributed by atoms with Crippen molar-refractivity contribution >= 4 is 45.7 Å². The summed E-state index contributed by atoms with van der Waals surface area (Å²) in [6.07, 6.45) is 0. The largest absolute Gasteiger partial charge is 0.411 e. The highest BCUT2D eigenvalue weighted by atomic mass is 35.5. The first-order chi connectivity index (χ1) is 14.1. The lowest BCUT2D eigenvalue weighted by Gasteiger charge is -1.99. The number of thioether (sulfide) groups is 1. The summed E-state index contributed by atoms with van der Waals surface area (Å²) in [5.74, 6) is -0.145. The van der Waals surface area contributed by atoms with Crippen molar-refractivity contribution in [3.8, 4) is 22.7 Å². The summed E-state index contributed by atoms with van der Waals surface area (Å²) in [6, 6.07) is 13.1. The van der Waals surface area contributed by atoms with Gasteiger partial charge in [0.2, 0.25) is 11.8 Å². The van der Waals surface area contributed by atoms with Crippen molar-refractivity contribution in [3.05, 3.63) is 64.8 Å². The number of thiazole rings is 1. The van der Waals surface area contributed by atoms with Crippen LogP contribution in [0.1, 0.15) is 0 Å². The van der Waals surface area contributed by atoms with Crippen molar-refractivity contribution in [2.24, 2.45) is 0 Å². The van der Waals surface area contributed by atoms with Crippen LogP contribution in [0.3, 0.4) is 0 Å². The SMILES string of the molecule is O=C(CSc1nnc(-c2cccc(Cl)c2)o1)Nc1nc(-c2ccc(F)cc2)cs1. The van der Waals surface area contributed by atoms with Crippen LogP contribution in [0, 0.1) is 5.82 Å². The Morgan fingerprint density at radius 2 is 2.00 bits per heavy atom. The van der Waals surface area contributed by atoms with E-state index in [0.717, 1.165) is 17.3 Å². The number of hydrogen-bond acceptors (Lipinski definition) is 7. The molecule has 0 spiro atoms. The van der Waals surface area contributed by atoms with Gasteiger partial charge in [-0.3, -0.25) is 4.79 Å². The first-order valence-corrected chi connectivity index (χ1v) is 10.5. The molecule has 0 aliphatic carbocycles. The second-order valence-electron chi connectivity index (χ2n) is 5.77. The number of aromatic nitrogens is 3. The molecule has 0 saturated carbocycles. The summed E-state index contributed by atoms with van der Waals surface area (Å²) in [7, 11) is 0. The van der Waals surface area contributed by atoms with Crippen LogP contribution in [0.2, 0.25) is 5.02 Å². The van der Waals surface area contributed by atoms with Gasteiger partial charge in [0.25, 0.3) is 5.22 Å². The van der Waals surface area contributed by atoms with Crippen molar-refractivity contribution in [2.75, 3.05) is 11.1 Å². The molecule has 0 aliphatic heterocycles. The molecule has 0 bridgehead atoms. The summed E-state index contributed by atoms with van der Waals surface area (Å²) in [5.41, 5.74) is 2.15. The monoisotopic (exact) mass is 446 g/mol. The molecule has 4 aromatic rings. The van der Waals surface area contributed by atoms with E-state index >= 15 is 0 Å². The zero-order chi connectivity index (χ0) is 20.2. The number of carbonyl (C=O) groups excluding carboxylic acids is 1. The molecule has 10 heteroatoms. The lowest BCUT2D eigenvalue weighted by molar-refractivity contribution is -0.113. The first-order valence-electron chi connectivity index (χ1n) is 8.30. The Balaban J connectivity index is 1.33. The topological polar surface area (TPSA) is 80.9 Å². The van der Waals surface area contributed by atoms with E-state index in [1.54, 1.807) is 35.7 Å². The van der Waals surface area contributed by atoms with E-state index in [2.05, 4.69) is 20.5 Å². The van der Waals surface area contributed by atoms with Crippen LogP contribution in [0.5, 0.6) is 0 Å². The number of amides is 1. The molecule has 29 heavy (non-hydrogen) atoms. The molecular formula is C19H12ClFN4O2S2. The van der Waals surface area contributed by atoms with E-state index in [1.807, 2.05) is 6.07 Å². The average Bonchev–Trinajstić information content (AvgIpc) is 3.37. The van der Waals surface area contributed by atoms with Crippen molar-refractivity contribution in [1.82, 2.24) is 15.2 Å². The molecule has 1 N–H and O–H groups in total. The minimum absolute atomic E-state index is 0.0860. The molecule has 2 aromatic carbocycles. The second-order valence-corrected chi connectivity index (χ2v) is 7.99. The molecule has 0 radical (unpaired) electrons. The van der Waals surface area contributed by atoms with Gasteiger partial charge in [-0.05, 0) is 42.5 Å². The summed E-state index contributed by atoms with van der Waals surface area (Å²) in [6.45, 7) is 0. The Labute approximate surface area is 178 Å². The van der Waals surface area contributed by atoms with Gasteiger partial charge in [-0.1, -0.05) is 29.4 Å². The standard InChI is InChI=1S/C19H12ClFN4O2S2/c20-13-3-1-2-12(8-13)17-24-25-19(27-17)29-10-16(26)23-18-22-15(9-28-18)11-4-6-14(21)7-5-11/h1-9H,10H2,(H,22,23,26). The molecule has 2 aromatic heterocycles. The smallest absolute Gasteiger partial charge is 0.277 e. The van der Waals surface area contributed by atoms with Crippen molar-refractivity contribution in [1.29, 1.82) is 0 Å². The lowest BCUT2D eigenvalue weighted by Crippen LogP contribution is -2.13. The quantitative estimate of drug-likeness (QED) is 0.400. The van der Waals surface area contributed by atoms with Gasteiger partial charge in [-0.15, -0.1) is 21.5 Å². The fraction of sp³-hybridized carbons (Fsp3) is 0.0526. The lowest BCUT2D eigenvalue weighted by atomic mass is 10.2. The number of nitrogens with zero attached hydrogens (tertiary/aromatic N) is 3. The summed E-state index contributed by atoms with van der Waals surface area (Å²) in [4.78, 5) is 16.5. The highest BCUT2D eigenvalue weighted by molar-refractivity contribution is 7.99. The average molecular weight is 447 g/mol. The van der Waals surface area contributed by atoms with E-state index < -0.39 is 0 Å². The molecule has 6 nitrogen and oxygen atoms in total. The molecule has 2 heterocycles. The minimum Gasteiger partial charge on any atom is -0.411 e. The van der Waals surface area contributed by atoms with Gasteiger partial charge in [0.05, 0.1) is 11.4 Å². The third-order valence-corrected chi connectivity index (χ3v) is 5.51. The molecule has 146 valence electrons. The minimum atomic E-state index is -0.311. The maximum absolute atomic E-state index is 13.0. The van der Waals surface area contributed by atoms with Crippen LogP contribution in [0.25, 0.3) is 22.7 Å². The second kappa shape index (κ2) is 8.73. The third-order valence-electron chi connectivity index (χ3n) is 3.70. The molecule has 0 fully saturated rings. The van der Waals surface area contributed by atoms with Gasteiger partial charge < -0.3 is 9.73 Å². The van der Waals surface area contributed by atoms with Crippen LogP contribution in [-0.4, -0.2) is 26.8 Å².